The first kappa shape index (κ1) is 14.7. The normalized spacial score (nSPS) is 16.7. The minimum absolute atomic E-state index is 0.0164. The second kappa shape index (κ2) is 5.00. The van der Waals surface area contributed by atoms with Gasteiger partial charge in [-0.15, -0.1) is 0 Å². The largest absolute Gasteiger partial charge is 0.490 e. The second-order valence-electron chi connectivity index (χ2n) is 4.63. The van der Waals surface area contributed by atoms with Crippen LogP contribution in [0.3, 0.4) is 0 Å². The van der Waals surface area contributed by atoms with E-state index in [1.807, 2.05) is 0 Å². The number of sulfonamides is 1. The number of hydrogen-bond acceptors (Lipinski definition) is 6. The third-order valence-electron chi connectivity index (χ3n) is 3.16. The van der Waals surface area contributed by atoms with Gasteiger partial charge in [-0.2, -0.15) is 0 Å². The fourth-order valence-electron chi connectivity index (χ4n) is 1.77. The molecule has 0 amide bonds. The maximum Gasteiger partial charge on any atom is 0.312 e. The Kier molecular flexibility index (Phi) is 3.67. The monoisotopic (exact) mass is 302 g/mol. The van der Waals surface area contributed by atoms with Crippen molar-refractivity contribution in [2.24, 2.45) is 0 Å². The first-order valence-corrected chi connectivity index (χ1v) is 7.29. The fourth-order valence-corrected chi connectivity index (χ4v) is 3.24. The van der Waals surface area contributed by atoms with Crippen molar-refractivity contribution in [2.75, 3.05) is 13.7 Å². The number of methoxy groups -OCH3 is 1. The number of aliphatic hydroxyl groups is 1. The lowest BCUT2D eigenvalue weighted by Crippen LogP contribution is -2.39. The zero-order chi connectivity index (χ0) is 15.0. The molecule has 9 heteroatoms. The van der Waals surface area contributed by atoms with Crippen molar-refractivity contribution in [3.63, 3.8) is 0 Å². The molecule has 110 valence electrons. The van der Waals surface area contributed by atoms with Gasteiger partial charge in [0.05, 0.1) is 29.1 Å². The molecule has 8 nitrogen and oxygen atoms in total. The van der Waals surface area contributed by atoms with E-state index in [4.69, 9.17) is 9.84 Å². The molecule has 0 bridgehead atoms. The third-order valence-corrected chi connectivity index (χ3v) is 4.74. The molecule has 0 radical (unpaired) electrons. The number of nitrogens with zero attached hydrogens (tertiary/aromatic N) is 1. The fraction of sp³-hybridized carbons (Fsp3) is 0.455. The van der Waals surface area contributed by atoms with Crippen molar-refractivity contribution in [3.05, 3.63) is 28.3 Å². The number of ether oxygens (including phenoxy) is 1. The zero-order valence-corrected chi connectivity index (χ0v) is 11.5. The maximum absolute atomic E-state index is 12.1. The molecule has 1 aliphatic carbocycles. The summed E-state index contributed by atoms with van der Waals surface area (Å²) in [4.78, 5) is 9.94. The van der Waals surface area contributed by atoms with Gasteiger partial charge in [0.15, 0.2) is 5.75 Å². The number of hydrogen-bond donors (Lipinski definition) is 2. The quantitative estimate of drug-likeness (QED) is 0.580. The SMILES string of the molecule is COc1ccc(S(=O)(=O)NC2(CO)CC2)cc1[N+](=O)[O-]. The van der Waals surface area contributed by atoms with Crippen LogP contribution in [0.25, 0.3) is 0 Å². The zero-order valence-electron chi connectivity index (χ0n) is 10.7. The molecule has 0 unspecified atom stereocenters. The molecule has 1 aliphatic rings. The van der Waals surface area contributed by atoms with E-state index in [1.165, 1.54) is 19.2 Å². The molecule has 0 spiro atoms. The van der Waals surface area contributed by atoms with Gasteiger partial charge in [0.2, 0.25) is 10.0 Å². The number of aliphatic hydroxyl groups excluding tert-OH is 1. The Labute approximate surface area is 115 Å². The predicted molar refractivity (Wildman–Crippen MR) is 69.0 cm³/mol. The Hall–Kier alpha value is -1.71. The van der Waals surface area contributed by atoms with Gasteiger partial charge < -0.3 is 9.84 Å². The first-order valence-electron chi connectivity index (χ1n) is 5.81. The molecule has 0 aliphatic heterocycles. The molecule has 20 heavy (non-hydrogen) atoms. The van der Waals surface area contributed by atoms with Crippen molar-refractivity contribution >= 4 is 15.7 Å². The number of benzene rings is 1. The molecule has 0 saturated heterocycles. The molecular weight excluding hydrogens is 288 g/mol. The molecule has 1 aromatic rings. The third kappa shape index (κ3) is 2.74. The molecule has 0 atom stereocenters. The number of nitrogens with one attached hydrogen (secondary N) is 1. The standard InChI is InChI=1S/C11H14N2O6S/c1-19-10-3-2-8(6-9(10)13(15)16)20(17,18)12-11(7-14)4-5-11/h2-3,6,12,14H,4-5,7H2,1H3. The van der Waals surface area contributed by atoms with Gasteiger partial charge >= 0.3 is 5.69 Å². The average Bonchev–Trinajstić information content (AvgIpc) is 3.17. The highest BCUT2D eigenvalue weighted by Gasteiger charge is 2.45. The van der Waals surface area contributed by atoms with Crippen LogP contribution in [0.5, 0.6) is 5.75 Å². The molecule has 1 aromatic carbocycles. The van der Waals surface area contributed by atoms with E-state index in [1.54, 1.807) is 0 Å². The predicted octanol–water partition coefficient (Wildman–Crippen LogP) is 0.407. The van der Waals surface area contributed by atoms with Gasteiger partial charge in [-0.3, -0.25) is 10.1 Å². The minimum atomic E-state index is -3.92. The number of nitro benzene ring substituents is 1. The van der Waals surface area contributed by atoms with Crippen LogP contribution in [0.4, 0.5) is 5.69 Å². The van der Waals surface area contributed by atoms with E-state index in [-0.39, 0.29) is 17.3 Å². The summed E-state index contributed by atoms with van der Waals surface area (Å²) in [7, 11) is -2.65. The van der Waals surface area contributed by atoms with Gasteiger partial charge in [0.1, 0.15) is 0 Å². The van der Waals surface area contributed by atoms with Crippen LogP contribution in [0.2, 0.25) is 0 Å². The Balaban J connectivity index is 2.37. The first-order chi connectivity index (χ1) is 9.33. The summed E-state index contributed by atoms with van der Waals surface area (Å²) in [6.45, 7) is -0.301. The summed E-state index contributed by atoms with van der Waals surface area (Å²) in [6.07, 6.45) is 1.09. The van der Waals surface area contributed by atoms with Crippen LogP contribution < -0.4 is 9.46 Å². The lowest BCUT2D eigenvalue weighted by Gasteiger charge is -2.14. The van der Waals surface area contributed by atoms with Crippen molar-refractivity contribution < 1.29 is 23.2 Å². The highest BCUT2D eigenvalue weighted by Crippen LogP contribution is 2.37. The molecule has 1 fully saturated rings. The van der Waals surface area contributed by atoms with Crippen LogP contribution in [-0.4, -0.2) is 37.7 Å². The molecular formula is C11H14N2O6S. The summed E-state index contributed by atoms with van der Waals surface area (Å²) in [5, 5.41) is 20.0. The van der Waals surface area contributed by atoms with Gasteiger partial charge in [-0.1, -0.05) is 0 Å². The van der Waals surface area contributed by atoms with Crippen LogP contribution in [0, 0.1) is 10.1 Å². The highest BCUT2D eigenvalue weighted by molar-refractivity contribution is 7.89. The summed E-state index contributed by atoms with van der Waals surface area (Å²) in [5.74, 6) is -0.0164. The van der Waals surface area contributed by atoms with Crippen molar-refractivity contribution in [1.82, 2.24) is 4.72 Å². The van der Waals surface area contributed by atoms with Gasteiger partial charge in [-0.25, -0.2) is 13.1 Å². The van der Waals surface area contributed by atoms with Crippen molar-refractivity contribution in [3.8, 4) is 5.75 Å². The molecule has 0 heterocycles. The lowest BCUT2D eigenvalue weighted by atomic mass is 10.3. The summed E-state index contributed by atoms with van der Waals surface area (Å²) in [5.41, 5.74) is -1.25. The molecule has 0 aromatic heterocycles. The van der Waals surface area contributed by atoms with E-state index in [9.17, 15) is 18.5 Å². The van der Waals surface area contributed by atoms with Gasteiger partial charge in [0, 0.05) is 6.07 Å². The van der Waals surface area contributed by atoms with Crippen molar-refractivity contribution in [2.45, 2.75) is 23.3 Å². The van der Waals surface area contributed by atoms with Gasteiger partial charge in [0.25, 0.3) is 0 Å². The Morgan fingerprint density at radius 1 is 1.50 bits per heavy atom. The van der Waals surface area contributed by atoms with Crippen LogP contribution in [-0.2, 0) is 10.0 Å². The van der Waals surface area contributed by atoms with E-state index in [0.717, 1.165) is 6.07 Å². The molecule has 1 saturated carbocycles. The Bertz CT molecular complexity index is 638. The van der Waals surface area contributed by atoms with Crippen LogP contribution >= 0.6 is 0 Å². The summed E-state index contributed by atoms with van der Waals surface area (Å²) in [6, 6.07) is 3.39. The number of rotatable bonds is 6. The smallest absolute Gasteiger partial charge is 0.312 e. The summed E-state index contributed by atoms with van der Waals surface area (Å²) < 4.78 is 31.5. The van der Waals surface area contributed by atoms with E-state index in [2.05, 4.69) is 4.72 Å². The second-order valence-corrected chi connectivity index (χ2v) is 6.32. The van der Waals surface area contributed by atoms with Gasteiger partial charge in [-0.05, 0) is 25.0 Å². The van der Waals surface area contributed by atoms with E-state index >= 15 is 0 Å². The highest BCUT2D eigenvalue weighted by atomic mass is 32.2. The molecule has 2 N–H and O–H groups in total. The maximum atomic E-state index is 12.1. The Morgan fingerprint density at radius 2 is 2.15 bits per heavy atom. The average molecular weight is 302 g/mol. The van der Waals surface area contributed by atoms with E-state index < -0.39 is 26.2 Å². The van der Waals surface area contributed by atoms with Crippen LogP contribution in [0.15, 0.2) is 23.1 Å². The molecule has 2 rings (SSSR count). The topological polar surface area (TPSA) is 119 Å². The Morgan fingerprint density at radius 3 is 2.60 bits per heavy atom. The van der Waals surface area contributed by atoms with Crippen LogP contribution in [0.1, 0.15) is 12.8 Å². The van der Waals surface area contributed by atoms with Crippen molar-refractivity contribution in [1.29, 1.82) is 0 Å². The van der Waals surface area contributed by atoms with E-state index in [0.29, 0.717) is 12.8 Å². The number of nitro groups is 1. The minimum Gasteiger partial charge on any atom is -0.490 e. The lowest BCUT2D eigenvalue weighted by molar-refractivity contribution is -0.386. The summed E-state index contributed by atoms with van der Waals surface area (Å²) >= 11 is 0.